The van der Waals surface area contributed by atoms with E-state index in [2.05, 4.69) is 22.4 Å². The molecule has 1 aliphatic heterocycles. The number of hydrogen-bond acceptors (Lipinski definition) is 4. The van der Waals surface area contributed by atoms with Crippen LogP contribution in [0.5, 0.6) is 0 Å². The van der Waals surface area contributed by atoms with Crippen LogP contribution in [0.4, 0.5) is 0 Å². The zero-order valence-electron chi connectivity index (χ0n) is 11.4. The zero-order valence-corrected chi connectivity index (χ0v) is 11.4. The molecule has 1 saturated carbocycles. The topological polar surface area (TPSA) is 73.9 Å². The second kappa shape index (κ2) is 5.89. The maximum atomic E-state index is 8.62. The van der Waals surface area contributed by atoms with E-state index in [0.717, 1.165) is 25.4 Å². The summed E-state index contributed by atoms with van der Waals surface area (Å²) in [6.45, 7) is 4.57. The first-order valence-electron chi connectivity index (χ1n) is 6.99. The number of likely N-dealkylation sites (tertiary alicyclic amines) is 1. The molecule has 0 aromatic carbocycles. The number of nitrogens with two attached hydrogens (primary N) is 1. The van der Waals surface area contributed by atoms with Gasteiger partial charge in [0, 0.05) is 13.0 Å². The standard InChI is InChI=1S/C13H26N4O/c1-17-6-2-11(3-7-17)9-15-10-13(4-5-13)8-12(14)16-18/h11,15,18H,2-10H2,1H3,(H2,14,16). The molecular weight excluding hydrogens is 228 g/mol. The second-order valence-corrected chi connectivity index (χ2v) is 6.15. The molecule has 5 heteroatoms. The predicted molar refractivity (Wildman–Crippen MR) is 72.8 cm³/mol. The third-order valence-corrected chi connectivity index (χ3v) is 4.41. The first-order chi connectivity index (χ1) is 8.63. The molecule has 2 fully saturated rings. The average Bonchev–Trinajstić information content (AvgIpc) is 3.11. The molecule has 0 radical (unpaired) electrons. The summed E-state index contributed by atoms with van der Waals surface area (Å²) in [5, 5.41) is 15.3. The molecule has 1 saturated heterocycles. The fraction of sp³-hybridized carbons (Fsp3) is 0.923. The number of nitrogens with one attached hydrogen (secondary N) is 1. The minimum atomic E-state index is 0.280. The Kier molecular flexibility index (Phi) is 4.45. The highest BCUT2D eigenvalue weighted by Crippen LogP contribution is 2.48. The molecule has 4 N–H and O–H groups in total. The highest BCUT2D eigenvalue weighted by Gasteiger charge is 2.42. The molecule has 0 aromatic heterocycles. The van der Waals surface area contributed by atoms with Gasteiger partial charge in [-0.1, -0.05) is 5.16 Å². The van der Waals surface area contributed by atoms with Crippen molar-refractivity contribution in [2.45, 2.75) is 32.1 Å². The van der Waals surface area contributed by atoms with Crippen LogP contribution in [0.1, 0.15) is 32.1 Å². The maximum absolute atomic E-state index is 8.62. The smallest absolute Gasteiger partial charge is 0.139 e. The number of amidine groups is 1. The maximum Gasteiger partial charge on any atom is 0.139 e. The van der Waals surface area contributed by atoms with E-state index in [1.807, 2.05) is 0 Å². The van der Waals surface area contributed by atoms with Gasteiger partial charge in [-0.3, -0.25) is 0 Å². The van der Waals surface area contributed by atoms with Crippen molar-refractivity contribution in [2.24, 2.45) is 22.2 Å². The van der Waals surface area contributed by atoms with Crippen LogP contribution in [0, 0.1) is 11.3 Å². The summed E-state index contributed by atoms with van der Waals surface area (Å²) in [5.41, 5.74) is 5.88. The molecule has 2 rings (SSSR count). The van der Waals surface area contributed by atoms with Gasteiger partial charge in [0.2, 0.25) is 0 Å². The third kappa shape index (κ3) is 3.85. The molecule has 0 amide bonds. The number of oxime groups is 1. The Hall–Kier alpha value is -0.810. The number of hydrogen-bond donors (Lipinski definition) is 3. The molecule has 104 valence electrons. The number of piperidine rings is 1. The molecule has 1 aliphatic carbocycles. The van der Waals surface area contributed by atoms with Crippen LogP contribution in [0.3, 0.4) is 0 Å². The first kappa shape index (κ1) is 13.6. The Morgan fingerprint density at radius 3 is 2.67 bits per heavy atom. The molecule has 0 aromatic rings. The highest BCUT2D eigenvalue weighted by atomic mass is 16.4. The lowest BCUT2D eigenvalue weighted by Gasteiger charge is -2.29. The van der Waals surface area contributed by atoms with Crippen molar-refractivity contribution < 1.29 is 5.21 Å². The second-order valence-electron chi connectivity index (χ2n) is 6.15. The van der Waals surface area contributed by atoms with E-state index in [-0.39, 0.29) is 5.41 Å². The van der Waals surface area contributed by atoms with Crippen LogP contribution in [-0.2, 0) is 0 Å². The highest BCUT2D eigenvalue weighted by molar-refractivity contribution is 5.80. The van der Waals surface area contributed by atoms with Crippen molar-refractivity contribution in [1.82, 2.24) is 10.2 Å². The largest absolute Gasteiger partial charge is 0.409 e. The van der Waals surface area contributed by atoms with Crippen LogP contribution in [0.2, 0.25) is 0 Å². The summed E-state index contributed by atoms with van der Waals surface area (Å²) in [5.74, 6) is 1.19. The fourth-order valence-corrected chi connectivity index (χ4v) is 2.82. The van der Waals surface area contributed by atoms with Gasteiger partial charge < -0.3 is 21.2 Å². The van der Waals surface area contributed by atoms with Crippen molar-refractivity contribution in [3.05, 3.63) is 0 Å². The first-order valence-corrected chi connectivity index (χ1v) is 6.99. The lowest BCUT2D eigenvalue weighted by atomic mass is 9.96. The van der Waals surface area contributed by atoms with E-state index in [1.54, 1.807) is 0 Å². The van der Waals surface area contributed by atoms with Gasteiger partial charge in [-0.2, -0.15) is 0 Å². The predicted octanol–water partition coefficient (Wildman–Crippen LogP) is 0.835. The van der Waals surface area contributed by atoms with Crippen molar-refractivity contribution >= 4 is 5.84 Å². The molecule has 0 unspecified atom stereocenters. The minimum Gasteiger partial charge on any atom is -0.409 e. The summed E-state index contributed by atoms with van der Waals surface area (Å²) in [7, 11) is 2.19. The Morgan fingerprint density at radius 1 is 1.44 bits per heavy atom. The molecule has 0 atom stereocenters. The lowest BCUT2D eigenvalue weighted by molar-refractivity contribution is 0.214. The Bertz CT molecular complexity index is 293. The minimum absolute atomic E-state index is 0.280. The summed E-state index contributed by atoms with van der Waals surface area (Å²) >= 11 is 0. The number of nitrogens with zero attached hydrogens (tertiary/aromatic N) is 2. The molecule has 2 aliphatic rings. The van der Waals surface area contributed by atoms with Gasteiger partial charge >= 0.3 is 0 Å². The van der Waals surface area contributed by atoms with Crippen molar-refractivity contribution in [3.8, 4) is 0 Å². The summed E-state index contributed by atoms with van der Waals surface area (Å²) < 4.78 is 0. The van der Waals surface area contributed by atoms with Gasteiger partial charge in [0.1, 0.15) is 5.84 Å². The summed E-state index contributed by atoms with van der Waals surface area (Å²) in [6, 6.07) is 0. The van der Waals surface area contributed by atoms with Gasteiger partial charge in [-0.05, 0) is 63.7 Å². The van der Waals surface area contributed by atoms with Crippen molar-refractivity contribution in [1.29, 1.82) is 0 Å². The van der Waals surface area contributed by atoms with Gasteiger partial charge in [-0.25, -0.2) is 0 Å². The monoisotopic (exact) mass is 254 g/mol. The van der Waals surface area contributed by atoms with Gasteiger partial charge in [-0.15, -0.1) is 0 Å². The SMILES string of the molecule is CN1CCC(CNCC2(CC(N)=NO)CC2)CC1. The lowest BCUT2D eigenvalue weighted by Crippen LogP contribution is -2.37. The van der Waals surface area contributed by atoms with E-state index in [1.165, 1.54) is 38.8 Å². The van der Waals surface area contributed by atoms with E-state index in [0.29, 0.717) is 5.84 Å². The van der Waals surface area contributed by atoms with Crippen LogP contribution < -0.4 is 11.1 Å². The van der Waals surface area contributed by atoms with Gasteiger partial charge in [0.05, 0.1) is 0 Å². The van der Waals surface area contributed by atoms with Crippen LogP contribution in [0.15, 0.2) is 5.16 Å². The average molecular weight is 254 g/mol. The van der Waals surface area contributed by atoms with Crippen molar-refractivity contribution in [2.75, 3.05) is 33.2 Å². The molecule has 18 heavy (non-hydrogen) atoms. The van der Waals surface area contributed by atoms with E-state index < -0.39 is 0 Å². The third-order valence-electron chi connectivity index (χ3n) is 4.41. The van der Waals surface area contributed by atoms with E-state index in [4.69, 9.17) is 10.9 Å². The molecule has 1 heterocycles. The van der Waals surface area contributed by atoms with E-state index in [9.17, 15) is 0 Å². The summed E-state index contributed by atoms with van der Waals surface area (Å²) in [4.78, 5) is 2.40. The Balaban J connectivity index is 1.63. The molecule has 0 spiro atoms. The van der Waals surface area contributed by atoms with Gasteiger partial charge in [0.25, 0.3) is 0 Å². The molecular formula is C13H26N4O. The van der Waals surface area contributed by atoms with E-state index >= 15 is 0 Å². The van der Waals surface area contributed by atoms with Crippen LogP contribution in [0.25, 0.3) is 0 Å². The van der Waals surface area contributed by atoms with Crippen LogP contribution >= 0.6 is 0 Å². The Labute approximate surface area is 109 Å². The normalized spacial score (nSPS) is 25.3. The summed E-state index contributed by atoms with van der Waals surface area (Å²) in [6.07, 6.45) is 5.73. The molecule has 5 nitrogen and oxygen atoms in total. The van der Waals surface area contributed by atoms with Gasteiger partial charge in [0.15, 0.2) is 0 Å². The number of rotatable bonds is 6. The van der Waals surface area contributed by atoms with Crippen LogP contribution in [-0.4, -0.2) is 49.2 Å². The zero-order chi connectivity index (χ0) is 13.0. The molecule has 0 bridgehead atoms. The quantitative estimate of drug-likeness (QED) is 0.284. The Morgan fingerprint density at radius 2 is 2.11 bits per heavy atom. The fourth-order valence-electron chi connectivity index (χ4n) is 2.82. The van der Waals surface area contributed by atoms with Crippen molar-refractivity contribution in [3.63, 3.8) is 0 Å².